The largest absolute Gasteiger partial charge is 0.462 e. The monoisotopic (exact) mass is 318 g/mol. The van der Waals surface area contributed by atoms with Crippen molar-refractivity contribution in [2.45, 2.75) is 6.92 Å². The van der Waals surface area contributed by atoms with Gasteiger partial charge in [0.2, 0.25) is 0 Å². The molecule has 0 atom stereocenters. The van der Waals surface area contributed by atoms with Crippen LogP contribution < -0.4 is 0 Å². The van der Waals surface area contributed by atoms with Crippen LogP contribution in [0, 0.1) is 11.3 Å². The third kappa shape index (κ3) is 3.01. The lowest BCUT2D eigenvalue weighted by molar-refractivity contribution is 0.0526. The molecule has 0 aliphatic heterocycles. The molecule has 6 heteroatoms. The zero-order valence-corrected chi connectivity index (χ0v) is 13.0. The molecule has 0 unspecified atom stereocenters. The smallest absolute Gasteiger partial charge is 0.341 e. The zero-order valence-electron chi connectivity index (χ0n) is 13.0. The second-order valence-corrected chi connectivity index (χ2v) is 4.96. The number of aromatic nitrogens is 3. The number of carbonyl (C=O) groups excluding carboxylic acids is 1. The van der Waals surface area contributed by atoms with Gasteiger partial charge in [0.15, 0.2) is 5.82 Å². The summed E-state index contributed by atoms with van der Waals surface area (Å²) in [6, 6.07) is 13.4. The van der Waals surface area contributed by atoms with E-state index in [0.717, 1.165) is 11.1 Å². The highest BCUT2D eigenvalue weighted by molar-refractivity contribution is 5.88. The van der Waals surface area contributed by atoms with E-state index in [1.54, 1.807) is 19.2 Å². The fourth-order valence-corrected chi connectivity index (χ4v) is 2.28. The van der Waals surface area contributed by atoms with Crippen molar-refractivity contribution in [3.8, 4) is 23.0 Å². The first-order valence-corrected chi connectivity index (χ1v) is 7.40. The maximum Gasteiger partial charge on any atom is 0.341 e. The van der Waals surface area contributed by atoms with Gasteiger partial charge in [-0.15, -0.1) is 0 Å². The molecule has 0 saturated carbocycles. The van der Waals surface area contributed by atoms with E-state index in [4.69, 9.17) is 4.74 Å². The van der Waals surface area contributed by atoms with Crippen LogP contribution in [0.3, 0.4) is 0 Å². The standard InChI is InChI=1S/C18H14N4O2/c1-2-24-18(23)15-10-21-22(12-15)17-8-14(9-19)16(11-20-17)13-6-4-3-5-7-13/h3-8,10-12H,2H2,1H3. The highest BCUT2D eigenvalue weighted by Crippen LogP contribution is 2.23. The highest BCUT2D eigenvalue weighted by atomic mass is 16.5. The van der Waals surface area contributed by atoms with Gasteiger partial charge in [0.05, 0.1) is 30.0 Å². The third-order valence-corrected chi connectivity index (χ3v) is 3.42. The number of rotatable bonds is 4. The van der Waals surface area contributed by atoms with E-state index >= 15 is 0 Å². The Balaban J connectivity index is 1.96. The number of esters is 1. The van der Waals surface area contributed by atoms with E-state index in [0.29, 0.717) is 23.6 Å². The predicted octanol–water partition coefficient (Wildman–Crippen LogP) is 2.98. The lowest BCUT2D eigenvalue weighted by Crippen LogP contribution is -2.03. The number of nitriles is 1. The molecular formula is C18H14N4O2. The maximum atomic E-state index is 11.7. The molecule has 0 amide bonds. The molecule has 0 radical (unpaired) electrons. The summed E-state index contributed by atoms with van der Waals surface area (Å²) in [6.45, 7) is 2.04. The molecule has 0 spiro atoms. The van der Waals surface area contributed by atoms with Gasteiger partial charge in [0.25, 0.3) is 0 Å². The van der Waals surface area contributed by atoms with Crippen LogP contribution in [0.5, 0.6) is 0 Å². The van der Waals surface area contributed by atoms with Crippen LogP contribution in [0.2, 0.25) is 0 Å². The van der Waals surface area contributed by atoms with Gasteiger partial charge in [-0.25, -0.2) is 14.5 Å². The second kappa shape index (κ2) is 6.75. The summed E-state index contributed by atoms with van der Waals surface area (Å²) in [4.78, 5) is 16.1. The van der Waals surface area contributed by atoms with Gasteiger partial charge in [-0.3, -0.25) is 0 Å². The van der Waals surface area contributed by atoms with Crippen LogP contribution in [0.1, 0.15) is 22.8 Å². The molecule has 2 heterocycles. The molecule has 1 aromatic carbocycles. The number of hydrogen-bond acceptors (Lipinski definition) is 5. The third-order valence-electron chi connectivity index (χ3n) is 3.42. The van der Waals surface area contributed by atoms with E-state index in [-0.39, 0.29) is 0 Å². The number of carbonyl (C=O) groups is 1. The average molecular weight is 318 g/mol. The molecule has 3 rings (SSSR count). The van der Waals surface area contributed by atoms with Crippen LogP contribution in [0.25, 0.3) is 16.9 Å². The van der Waals surface area contributed by atoms with Gasteiger partial charge in [0.1, 0.15) is 0 Å². The molecule has 0 aliphatic carbocycles. The predicted molar refractivity (Wildman–Crippen MR) is 87.5 cm³/mol. The normalized spacial score (nSPS) is 10.2. The molecule has 24 heavy (non-hydrogen) atoms. The number of benzene rings is 1. The summed E-state index contributed by atoms with van der Waals surface area (Å²) in [5, 5.41) is 13.5. The van der Waals surface area contributed by atoms with Crippen molar-refractivity contribution in [2.75, 3.05) is 6.61 Å². The summed E-state index contributed by atoms with van der Waals surface area (Å²) in [6.07, 6.45) is 4.58. The lowest BCUT2D eigenvalue weighted by Gasteiger charge is -2.06. The van der Waals surface area contributed by atoms with Crippen LogP contribution in [-0.2, 0) is 4.74 Å². The Kier molecular flexibility index (Phi) is 4.34. The quantitative estimate of drug-likeness (QED) is 0.691. The van der Waals surface area contributed by atoms with Gasteiger partial charge in [0, 0.05) is 24.0 Å². The van der Waals surface area contributed by atoms with Crippen LogP contribution in [0.15, 0.2) is 55.0 Å². The Morgan fingerprint density at radius 1 is 1.29 bits per heavy atom. The van der Waals surface area contributed by atoms with Crippen molar-refractivity contribution < 1.29 is 9.53 Å². The summed E-state index contributed by atoms with van der Waals surface area (Å²) < 4.78 is 6.38. The number of nitrogens with zero attached hydrogens (tertiary/aromatic N) is 4. The van der Waals surface area contributed by atoms with Gasteiger partial charge >= 0.3 is 5.97 Å². The molecule has 3 aromatic rings. The summed E-state index contributed by atoms with van der Waals surface area (Å²) in [7, 11) is 0. The van der Waals surface area contributed by atoms with Crippen LogP contribution in [-0.4, -0.2) is 27.3 Å². The Morgan fingerprint density at radius 2 is 2.08 bits per heavy atom. The number of hydrogen-bond donors (Lipinski definition) is 0. The molecule has 0 fully saturated rings. The van der Waals surface area contributed by atoms with Gasteiger partial charge < -0.3 is 4.74 Å². The van der Waals surface area contributed by atoms with Crippen LogP contribution >= 0.6 is 0 Å². The summed E-state index contributed by atoms with van der Waals surface area (Å²) in [5.41, 5.74) is 2.49. The first kappa shape index (κ1) is 15.4. The van der Waals surface area contributed by atoms with Gasteiger partial charge in [-0.1, -0.05) is 30.3 Å². The minimum Gasteiger partial charge on any atom is -0.462 e. The number of pyridine rings is 1. The minimum absolute atomic E-state index is 0.298. The van der Waals surface area contributed by atoms with E-state index in [9.17, 15) is 10.1 Å². The van der Waals surface area contributed by atoms with Crippen molar-refractivity contribution in [3.05, 3.63) is 66.1 Å². The van der Waals surface area contributed by atoms with Crippen molar-refractivity contribution in [1.82, 2.24) is 14.8 Å². The first-order valence-electron chi connectivity index (χ1n) is 7.40. The van der Waals surface area contributed by atoms with Crippen molar-refractivity contribution in [2.24, 2.45) is 0 Å². The minimum atomic E-state index is -0.440. The average Bonchev–Trinajstić information content (AvgIpc) is 3.12. The van der Waals surface area contributed by atoms with Crippen molar-refractivity contribution in [3.63, 3.8) is 0 Å². The topological polar surface area (TPSA) is 80.8 Å². The molecule has 6 nitrogen and oxygen atoms in total. The van der Waals surface area contributed by atoms with Crippen molar-refractivity contribution in [1.29, 1.82) is 5.26 Å². The lowest BCUT2D eigenvalue weighted by atomic mass is 10.0. The fourth-order valence-electron chi connectivity index (χ4n) is 2.28. The van der Waals surface area contributed by atoms with Crippen LogP contribution in [0.4, 0.5) is 0 Å². The van der Waals surface area contributed by atoms with Gasteiger partial charge in [-0.2, -0.15) is 10.4 Å². The zero-order chi connectivity index (χ0) is 16.9. The van der Waals surface area contributed by atoms with E-state index < -0.39 is 5.97 Å². The Hall–Kier alpha value is -3.46. The first-order chi connectivity index (χ1) is 11.7. The molecule has 0 N–H and O–H groups in total. The second-order valence-electron chi connectivity index (χ2n) is 4.96. The molecule has 118 valence electrons. The Labute approximate surface area is 138 Å². The summed E-state index contributed by atoms with van der Waals surface area (Å²) >= 11 is 0. The SMILES string of the molecule is CCOC(=O)c1cnn(-c2cc(C#N)c(-c3ccccc3)cn2)c1. The fraction of sp³-hybridized carbons (Fsp3) is 0.111. The number of ether oxygens (including phenoxy) is 1. The molecule has 2 aromatic heterocycles. The molecule has 0 saturated heterocycles. The highest BCUT2D eigenvalue weighted by Gasteiger charge is 2.12. The molecular weight excluding hydrogens is 304 g/mol. The van der Waals surface area contributed by atoms with Crippen molar-refractivity contribution >= 4 is 5.97 Å². The van der Waals surface area contributed by atoms with Gasteiger partial charge in [-0.05, 0) is 12.5 Å². The summed E-state index contributed by atoms with van der Waals surface area (Å²) in [5.74, 6) is 0.0203. The molecule has 0 bridgehead atoms. The Morgan fingerprint density at radius 3 is 2.79 bits per heavy atom. The maximum absolute atomic E-state index is 11.7. The molecule has 0 aliphatic rings. The van der Waals surface area contributed by atoms with E-state index in [1.165, 1.54) is 17.1 Å². The van der Waals surface area contributed by atoms with E-state index in [1.807, 2.05) is 30.3 Å². The Bertz CT molecular complexity index is 910. The van der Waals surface area contributed by atoms with E-state index in [2.05, 4.69) is 16.2 Å².